The standard InChI is InChI=1S/C18H31N/c1-8-17(13(2)3)19-14(4)15-9-11-16(12-10-15)18(5,6)7/h9-14,17,19H,8H2,1-7H3. The average molecular weight is 261 g/mol. The lowest BCUT2D eigenvalue weighted by Gasteiger charge is -2.26. The summed E-state index contributed by atoms with van der Waals surface area (Å²) < 4.78 is 0. The molecule has 1 aromatic rings. The first-order chi connectivity index (χ1) is 8.75. The summed E-state index contributed by atoms with van der Waals surface area (Å²) >= 11 is 0. The zero-order chi connectivity index (χ0) is 14.6. The van der Waals surface area contributed by atoms with Crippen LogP contribution >= 0.6 is 0 Å². The maximum atomic E-state index is 3.74. The van der Waals surface area contributed by atoms with Crippen LogP contribution in [0.2, 0.25) is 0 Å². The van der Waals surface area contributed by atoms with Crippen LogP contribution in [-0.2, 0) is 5.41 Å². The minimum absolute atomic E-state index is 0.235. The van der Waals surface area contributed by atoms with Crippen LogP contribution in [0.1, 0.15) is 72.1 Å². The van der Waals surface area contributed by atoms with Crippen LogP contribution in [0, 0.1) is 5.92 Å². The van der Waals surface area contributed by atoms with Crippen molar-refractivity contribution in [1.29, 1.82) is 0 Å². The molecule has 1 aromatic carbocycles. The molecule has 0 saturated heterocycles. The Morgan fingerprint density at radius 1 is 1.00 bits per heavy atom. The van der Waals surface area contributed by atoms with Crippen LogP contribution in [0.4, 0.5) is 0 Å². The molecule has 1 N–H and O–H groups in total. The van der Waals surface area contributed by atoms with Gasteiger partial charge in [0, 0.05) is 12.1 Å². The predicted octanol–water partition coefficient (Wildman–Crippen LogP) is 5.07. The molecule has 1 rings (SSSR count). The Balaban J connectivity index is 2.75. The zero-order valence-electron chi connectivity index (χ0n) is 13.7. The van der Waals surface area contributed by atoms with E-state index in [0.29, 0.717) is 18.0 Å². The summed E-state index contributed by atoms with van der Waals surface area (Å²) in [5.41, 5.74) is 3.02. The Hall–Kier alpha value is -0.820. The molecule has 108 valence electrons. The lowest BCUT2D eigenvalue weighted by atomic mass is 9.86. The SMILES string of the molecule is CCC(NC(C)c1ccc(C(C)(C)C)cc1)C(C)C. The molecule has 1 nitrogen and oxygen atoms in total. The van der Waals surface area contributed by atoms with Gasteiger partial charge in [0.15, 0.2) is 0 Å². The van der Waals surface area contributed by atoms with Crippen LogP contribution in [-0.4, -0.2) is 6.04 Å². The van der Waals surface area contributed by atoms with Gasteiger partial charge < -0.3 is 5.32 Å². The van der Waals surface area contributed by atoms with Crippen LogP contribution in [0.25, 0.3) is 0 Å². The van der Waals surface area contributed by atoms with Crippen molar-refractivity contribution in [3.63, 3.8) is 0 Å². The molecular weight excluding hydrogens is 230 g/mol. The fraction of sp³-hybridized carbons (Fsp3) is 0.667. The monoisotopic (exact) mass is 261 g/mol. The van der Waals surface area contributed by atoms with Gasteiger partial charge in [-0.15, -0.1) is 0 Å². The van der Waals surface area contributed by atoms with Crippen LogP contribution in [0.5, 0.6) is 0 Å². The Morgan fingerprint density at radius 3 is 1.89 bits per heavy atom. The van der Waals surface area contributed by atoms with Crippen molar-refractivity contribution in [3.05, 3.63) is 35.4 Å². The van der Waals surface area contributed by atoms with E-state index in [-0.39, 0.29) is 5.41 Å². The van der Waals surface area contributed by atoms with Crippen molar-refractivity contribution in [2.45, 2.75) is 72.4 Å². The molecule has 2 unspecified atom stereocenters. The third-order valence-electron chi connectivity index (χ3n) is 3.99. The third-order valence-corrected chi connectivity index (χ3v) is 3.99. The van der Waals surface area contributed by atoms with Gasteiger partial charge in [-0.2, -0.15) is 0 Å². The summed E-state index contributed by atoms with van der Waals surface area (Å²) in [6.45, 7) is 15.9. The molecule has 1 heteroatoms. The van der Waals surface area contributed by atoms with Gasteiger partial charge in [0.1, 0.15) is 0 Å². The highest BCUT2D eigenvalue weighted by Gasteiger charge is 2.16. The first-order valence-electron chi connectivity index (χ1n) is 7.62. The van der Waals surface area contributed by atoms with Gasteiger partial charge in [-0.25, -0.2) is 0 Å². The van der Waals surface area contributed by atoms with E-state index in [1.807, 2.05) is 0 Å². The highest BCUT2D eigenvalue weighted by molar-refractivity contribution is 5.29. The first-order valence-corrected chi connectivity index (χ1v) is 7.62. The van der Waals surface area contributed by atoms with Crippen LogP contribution < -0.4 is 5.32 Å². The van der Waals surface area contributed by atoms with Gasteiger partial charge in [0.2, 0.25) is 0 Å². The zero-order valence-corrected chi connectivity index (χ0v) is 13.7. The minimum Gasteiger partial charge on any atom is -0.307 e. The summed E-state index contributed by atoms with van der Waals surface area (Å²) in [4.78, 5) is 0. The van der Waals surface area contributed by atoms with Crippen molar-refractivity contribution in [2.24, 2.45) is 5.92 Å². The van der Waals surface area contributed by atoms with E-state index in [9.17, 15) is 0 Å². The number of nitrogens with one attached hydrogen (secondary N) is 1. The summed E-state index contributed by atoms with van der Waals surface area (Å²) in [7, 11) is 0. The fourth-order valence-electron chi connectivity index (χ4n) is 2.47. The molecule has 0 amide bonds. The Labute approximate surface area is 119 Å². The smallest absolute Gasteiger partial charge is 0.0294 e. The Kier molecular flexibility index (Phi) is 5.61. The lowest BCUT2D eigenvalue weighted by Crippen LogP contribution is -2.35. The average Bonchev–Trinajstić information content (AvgIpc) is 2.34. The maximum Gasteiger partial charge on any atom is 0.0294 e. The predicted molar refractivity (Wildman–Crippen MR) is 85.6 cm³/mol. The fourth-order valence-corrected chi connectivity index (χ4v) is 2.47. The molecular formula is C18H31N. The first kappa shape index (κ1) is 16.2. The van der Waals surface area contributed by atoms with Crippen molar-refractivity contribution >= 4 is 0 Å². The van der Waals surface area contributed by atoms with E-state index in [0.717, 1.165) is 0 Å². The van der Waals surface area contributed by atoms with Crippen molar-refractivity contribution in [3.8, 4) is 0 Å². The summed E-state index contributed by atoms with van der Waals surface area (Å²) in [5, 5.41) is 3.74. The van der Waals surface area contributed by atoms with Gasteiger partial charge in [-0.1, -0.05) is 65.8 Å². The van der Waals surface area contributed by atoms with Crippen molar-refractivity contribution < 1.29 is 0 Å². The molecule has 0 saturated carbocycles. The summed E-state index contributed by atoms with van der Waals surface area (Å²) in [5.74, 6) is 0.682. The molecule has 0 heterocycles. The summed E-state index contributed by atoms with van der Waals surface area (Å²) in [6.07, 6.45) is 1.18. The molecule has 0 aliphatic carbocycles. The summed E-state index contributed by atoms with van der Waals surface area (Å²) in [6, 6.07) is 10.1. The Bertz CT molecular complexity index is 370. The van der Waals surface area contributed by atoms with E-state index in [4.69, 9.17) is 0 Å². The molecule has 0 bridgehead atoms. The Morgan fingerprint density at radius 2 is 1.53 bits per heavy atom. The van der Waals surface area contributed by atoms with Gasteiger partial charge in [0.25, 0.3) is 0 Å². The minimum atomic E-state index is 0.235. The van der Waals surface area contributed by atoms with E-state index in [1.54, 1.807) is 0 Å². The number of hydrogen-bond acceptors (Lipinski definition) is 1. The maximum absolute atomic E-state index is 3.74. The molecule has 0 radical (unpaired) electrons. The van der Waals surface area contributed by atoms with Crippen LogP contribution in [0.3, 0.4) is 0 Å². The van der Waals surface area contributed by atoms with E-state index in [1.165, 1.54) is 17.5 Å². The largest absolute Gasteiger partial charge is 0.307 e. The van der Waals surface area contributed by atoms with E-state index < -0.39 is 0 Å². The molecule has 2 atom stereocenters. The second-order valence-electron chi connectivity index (χ2n) is 7.02. The lowest BCUT2D eigenvalue weighted by molar-refractivity contribution is 0.356. The number of hydrogen-bond donors (Lipinski definition) is 1. The molecule has 0 aliphatic heterocycles. The number of rotatable bonds is 5. The highest BCUT2D eigenvalue weighted by Crippen LogP contribution is 2.24. The van der Waals surface area contributed by atoms with E-state index >= 15 is 0 Å². The second-order valence-corrected chi connectivity index (χ2v) is 7.02. The molecule has 0 aliphatic rings. The normalized spacial score (nSPS) is 15.6. The van der Waals surface area contributed by atoms with Gasteiger partial charge >= 0.3 is 0 Å². The third kappa shape index (κ3) is 4.65. The van der Waals surface area contributed by atoms with Crippen molar-refractivity contribution in [1.82, 2.24) is 5.32 Å². The molecule has 0 spiro atoms. The van der Waals surface area contributed by atoms with E-state index in [2.05, 4.69) is 78.0 Å². The quantitative estimate of drug-likeness (QED) is 0.780. The topological polar surface area (TPSA) is 12.0 Å². The van der Waals surface area contributed by atoms with Gasteiger partial charge in [-0.3, -0.25) is 0 Å². The van der Waals surface area contributed by atoms with Crippen LogP contribution in [0.15, 0.2) is 24.3 Å². The second kappa shape index (κ2) is 6.56. The highest BCUT2D eigenvalue weighted by atomic mass is 14.9. The van der Waals surface area contributed by atoms with Gasteiger partial charge in [0.05, 0.1) is 0 Å². The molecule has 0 fully saturated rings. The number of benzene rings is 1. The van der Waals surface area contributed by atoms with Crippen molar-refractivity contribution in [2.75, 3.05) is 0 Å². The molecule has 0 aromatic heterocycles. The van der Waals surface area contributed by atoms with Gasteiger partial charge in [-0.05, 0) is 35.8 Å². The molecule has 19 heavy (non-hydrogen) atoms.